The summed E-state index contributed by atoms with van der Waals surface area (Å²) in [5.74, 6) is 2.33. The molecule has 1 aliphatic rings. The highest BCUT2D eigenvalue weighted by molar-refractivity contribution is 7.85. The molecule has 2 atom stereocenters. The first-order valence-corrected chi connectivity index (χ1v) is 9.18. The Morgan fingerprint density at radius 1 is 1.30 bits per heavy atom. The molecule has 1 aromatic carbocycles. The largest absolute Gasteiger partial charge is 0.312 e. The van der Waals surface area contributed by atoms with Gasteiger partial charge in [0.25, 0.3) is 0 Å². The fourth-order valence-electron chi connectivity index (χ4n) is 3.24. The van der Waals surface area contributed by atoms with Gasteiger partial charge in [0, 0.05) is 28.3 Å². The number of hydrogen-bond acceptors (Lipinski definition) is 2. The lowest BCUT2D eigenvalue weighted by Gasteiger charge is -2.20. The van der Waals surface area contributed by atoms with Gasteiger partial charge in [-0.05, 0) is 50.8 Å². The fourth-order valence-corrected chi connectivity index (χ4v) is 4.95. The molecule has 1 aromatic rings. The molecular formula is C17H27NOS. The molecule has 0 aromatic heterocycles. The van der Waals surface area contributed by atoms with Crippen molar-refractivity contribution in [2.75, 3.05) is 18.6 Å². The second-order valence-electron chi connectivity index (χ2n) is 6.12. The van der Waals surface area contributed by atoms with E-state index in [2.05, 4.69) is 37.4 Å². The smallest absolute Gasteiger partial charge is 0.0437 e. The normalized spacial score (nSPS) is 19.1. The molecule has 1 saturated carbocycles. The van der Waals surface area contributed by atoms with Gasteiger partial charge >= 0.3 is 0 Å². The Morgan fingerprint density at radius 2 is 2.00 bits per heavy atom. The van der Waals surface area contributed by atoms with Crippen molar-refractivity contribution < 1.29 is 4.21 Å². The van der Waals surface area contributed by atoms with Crippen LogP contribution in [-0.2, 0) is 10.8 Å². The highest BCUT2D eigenvalue weighted by Gasteiger charge is 2.20. The first kappa shape index (κ1) is 15.7. The van der Waals surface area contributed by atoms with E-state index in [-0.39, 0.29) is 6.04 Å². The van der Waals surface area contributed by atoms with Crippen LogP contribution in [0.25, 0.3) is 0 Å². The van der Waals surface area contributed by atoms with E-state index < -0.39 is 10.8 Å². The molecular weight excluding hydrogens is 266 g/mol. The van der Waals surface area contributed by atoms with E-state index in [4.69, 9.17) is 0 Å². The molecule has 0 radical (unpaired) electrons. The topological polar surface area (TPSA) is 29.1 Å². The minimum Gasteiger partial charge on any atom is -0.312 e. The number of rotatable bonds is 6. The number of benzene rings is 1. The number of nitrogens with one attached hydrogen (secondary N) is 1. The molecule has 1 N–H and O–H groups in total. The van der Waals surface area contributed by atoms with Crippen molar-refractivity contribution in [1.29, 1.82) is 0 Å². The van der Waals surface area contributed by atoms with E-state index in [9.17, 15) is 4.21 Å². The monoisotopic (exact) mass is 293 g/mol. The minimum absolute atomic E-state index is 0.206. The zero-order valence-electron chi connectivity index (χ0n) is 12.9. The van der Waals surface area contributed by atoms with Crippen molar-refractivity contribution in [1.82, 2.24) is 5.32 Å². The van der Waals surface area contributed by atoms with Crippen molar-refractivity contribution in [2.45, 2.75) is 45.6 Å². The van der Waals surface area contributed by atoms with Crippen LogP contribution < -0.4 is 5.32 Å². The molecule has 0 bridgehead atoms. The van der Waals surface area contributed by atoms with Crippen LogP contribution in [0.1, 0.15) is 48.4 Å². The van der Waals surface area contributed by atoms with Crippen LogP contribution in [0, 0.1) is 19.8 Å². The van der Waals surface area contributed by atoms with Crippen LogP contribution in [0.4, 0.5) is 0 Å². The van der Waals surface area contributed by atoms with Crippen molar-refractivity contribution >= 4 is 10.8 Å². The summed E-state index contributed by atoms with van der Waals surface area (Å²) >= 11 is 0. The van der Waals surface area contributed by atoms with E-state index in [1.54, 1.807) is 0 Å². The average Bonchev–Trinajstić information content (AvgIpc) is 2.89. The van der Waals surface area contributed by atoms with Crippen molar-refractivity contribution in [3.05, 3.63) is 34.9 Å². The van der Waals surface area contributed by atoms with Gasteiger partial charge in [0.1, 0.15) is 0 Å². The summed E-state index contributed by atoms with van der Waals surface area (Å²) < 4.78 is 12.4. The lowest BCUT2D eigenvalue weighted by molar-refractivity contribution is 0.593. The SMILES string of the molecule is CNC(CS(=O)CC1CCCC1)c1ccc(C)cc1C. The second kappa shape index (κ2) is 7.37. The van der Waals surface area contributed by atoms with Gasteiger partial charge < -0.3 is 5.32 Å². The van der Waals surface area contributed by atoms with Crippen LogP contribution in [0.2, 0.25) is 0 Å². The van der Waals surface area contributed by atoms with Crippen molar-refractivity contribution in [2.24, 2.45) is 5.92 Å². The molecule has 0 aliphatic heterocycles. The third-order valence-electron chi connectivity index (χ3n) is 4.40. The average molecular weight is 293 g/mol. The Kier molecular flexibility index (Phi) is 5.79. The van der Waals surface area contributed by atoms with Gasteiger partial charge in [-0.3, -0.25) is 4.21 Å². The van der Waals surface area contributed by atoms with Gasteiger partial charge in [0.15, 0.2) is 0 Å². The van der Waals surface area contributed by atoms with Gasteiger partial charge in [-0.1, -0.05) is 36.6 Å². The first-order chi connectivity index (χ1) is 9.60. The minimum atomic E-state index is -0.716. The first-order valence-electron chi connectivity index (χ1n) is 7.69. The quantitative estimate of drug-likeness (QED) is 0.869. The number of aryl methyl sites for hydroxylation is 2. The zero-order valence-corrected chi connectivity index (χ0v) is 13.8. The summed E-state index contributed by atoms with van der Waals surface area (Å²) in [4.78, 5) is 0. The maximum Gasteiger partial charge on any atom is 0.0437 e. The van der Waals surface area contributed by atoms with Crippen LogP contribution in [0.15, 0.2) is 18.2 Å². The molecule has 112 valence electrons. The van der Waals surface area contributed by atoms with E-state index >= 15 is 0 Å². The van der Waals surface area contributed by atoms with Crippen LogP contribution in [0.3, 0.4) is 0 Å². The van der Waals surface area contributed by atoms with E-state index in [0.717, 1.165) is 11.5 Å². The predicted octanol–water partition coefficient (Wildman–Crippen LogP) is 3.50. The van der Waals surface area contributed by atoms with Crippen molar-refractivity contribution in [3.63, 3.8) is 0 Å². The third kappa shape index (κ3) is 4.16. The standard InChI is InChI=1S/C17H27NOS/c1-13-8-9-16(14(2)10-13)17(18-3)12-20(19)11-15-6-4-5-7-15/h8-10,15,17-18H,4-7,11-12H2,1-3H3. The van der Waals surface area contributed by atoms with Gasteiger partial charge in [-0.15, -0.1) is 0 Å². The molecule has 2 nitrogen and oxygen atoms in total. The summed E-state index contributed by atoms with van der Waals surface area (Å²) in [6, 6.07) is 6.74. The Morgan fingerprint density at radius 3 is 2.60 bits per heavy atom. The number of hydrogen-bond donors (Lipinski definition) is 1. The molecule has 0 saturated heterocycles. The Labute approximate surface area is 125 Å². The second-order valence-corrected chi connectivity index (χ2v) is 7.67. The summed E-state index contributed by atoms with van der Waals surface area (Å²) in [6.07, 6.45) is 5.21. The van der Waals surface area contributed by atoms with Gasteiger partial charge in [-0.2, -0.15) is 0 Å². The molecule has 0 heterocycles. The zero-order chi connectivity index (χ0) is 14.5. The molecule has 0 spiro atoms. The van der Waals surface area contributed by atoms with Gasteiger partial charge in [0.05, 0.1) is 0 Å². The van der Waals surface area contributed by atoms with E-state index in [1.807, 2.05) is 7.05 Å². The van der Waals surface area contributed by atoms with Crippen LogP contribution in [-0.4, -0.2) is 22.8 Å². The molecule has 0 amide bonds. The van der Waals surface area contributed by atoms with Gasteiger partial charge in [0.2, 0.25) is 0 Å². The maximum absolute atomic E-state index is 12.4. The Hall–Kier alpha value is -0.670. The van der Waals surface area contributed by atoms with E-state index in [0.29, 0.717) is 5.92 Å². The molecule has 1 fully saturated rings. The Balaban J connectivity index is 1.98. The van der Waals surface area contributed by atoms with E-state index in [1.165, 1.54) is 42.4 Å². The third-order valence-corrected chi connectivity index (χ3v) is 5.95. The molecule has 2 unspecified atom stereocenters. The summed E-state index contributed by atoms with van der Waals surface area (Å²) in [5, 5.41) is 3.34. The highest BCUT2D eigenvalue weighted by Crippen LogP contribution is 2.26. The highest BCUT2D eigenvalue weighted by atomic mass is 32.2. The molecule has 1 aliphatic carbocycles. The fraction of sp³-hybridized carbons (Fsp3) is 0.647. The maximum atomic E-state index is 12.4. The summed E-state index contributed by atoms with van der Waals surface area (Å²) in [6.45, 7) is 4.26. The van der Waals surface area contributed by atoms with Crippen LogP contribution in [0.5, 0.6) is 0 Å². The summed E-state index contributed by atoms with van der Waals surface area (Å²) in [7, 11) is 1.25. The molecule has 2 rings (SSSR count). The molecule has 20 heavy (non-hydrogen) atoms. The lowest BCUT2D eigenvalue weighted by atomic mass is 10.0. The predicted molar refractivity (Wildman–Crippen MR) is 87.6 cm³/mol. The summed E-state index contributed by atoms with van der Waals surface area (Å²) in [5.41, 5.74) is 3.87. The van der Waals surface area contributed by atoms with Crippen LogP contribution >= 0.6 is 0 Å². The lowest BCUT2D eigenvalue weighted by Crippen LogP contribution is -2.25. The molecule has 3 heteroatoms. The van der Waals surface area contributed by atoms with Crippen molar-refractivity contribution in [3.8, 4) is 0 Å². The van der Waals surface area contributed by atoms with Gasteiger partial charge in [-0.25, -0.2) is 0 Å². The Bertz CT molecular complexity index is 466.